The Labute approximate surface area is 354 Å². The minimum atomic E-state index is -4.37. The van der Waals surface area contributed by atoms with Crippen LogP contribution in [0.4, 0.5) is 0 Å². The molecule has 0 aromatic carbocycles. The Hall–Kier alpha value is -2.55. The predicted octanol–water partition coefficient (Wildman–Crippen LogP) is 13.4. The van der Waals surface area contributed by atoms with Crippen LogP contribution in [-0.4, -0.2) is 49.3 Å². The van der Waals surface area contributed by atoms with Gasteiger partial charge >= 0.3 is 19.8 Å². The highest BCUT2D eigenvalue weighted by Crippen LogP contribution is 2.43. The number of phosphoric ester groups is 1. The average Bonchev–Trinajstić information content (AvgIpc) is 3.21. The number of carbonyl (C=O) groups excluding carboxylic acids is 2. The molecule has 0 amide bonds. The summed E-state index contributed by atoms with van der Waals surface area (Å²) < 4.78 is 32.7. The molecule has 0 aliphatic carbocycles. The van der Waals surface area contributed by atoms with Crippen molar-refractivity contribution < 1.29 is 37.6 Å². The first-order valence-electron chi connectivity index (χ1n) is 22.9. The first kappa shape index (κ1) is 55.5. The highest BCUT2D eigenvalue weighted by molar-refractivity contribution is 7.47. The van der Waals surface area contributed by atoms with Crippen molar-refractivity contribution in [2.24, 2.45) is 5.73 Å². The zero-order valence-electron chi connectivity index (χ0n) is 36.8. The molecule has 0 aromatic heterocycles. The molecule has 0 saturated heterocycles. The van der Waals surface area contributed by atoms with Crippen LogP contribution in [0.3, 0.4) is 0 Å². The van der Waals surface area contributed by atoms with E-state index >= 15 is 0 Å². The van der Waals surface area contributed by atoms with Crippen LogP contribution in [0.2, 0.25) is 0 Å². The second-order valence-corrected chi connectivity index (χ2v) is 16.3. The van der Waals surface area contributed by atoms with Crippen molar-refractivity contribution in [1.82, 2.24) is 0 Å². The number of unbranched alkanes of at least 4 members (excludes halogenated alkanes) is 17. The first-order chi connectivity index (χ1) is 28.3. The zero-order chi connectivity index (χ0) is 42.5. The normalized spacial score (nSPS) is 13.9. The summed E-state index contributed by atoms with van der Waals surface area (Å²) in [6, 6.07) is 0. The fourth-order valence-corrected chi connectivity index (χ4v) is 6.76. The molecule has 58 heavy (non-hydrogen) atoms. The van der Waals surface area contributed by atoms with Crippen LogP contribution in [0.1, 0.15) is 187 Å². The van der Waals surface area contributed by atoms with Crippen molar-refractivity contribution >= 4 is 19.8 Å². The fraction of sp³-hybridized carbons (Fsp3) is 0.708. The lowest BCUT2D eigenvalue weighted by Gasteiger charge is -2.19. The van der Waals surface area contributed by atoms with E-state index in [-0.39, 0.29) is 38.6 Å². The molecule has 0 saturated carbocycles. The molecule has 2 atom stereocenters. The summed E-state index contributed by atoms with van der Waals surface area (Å²) in [7, 11) is -4.37. The summed E-state index contributed by atoms with van der Waals surface area (Å²) in [5.41, 5.74) is 5.34. The second kappa shape index (κ2) is 44.0. The van der Waals surface area contributed by atoms with Crippen LogP contribution >= 0.6 is 7.82 Å². The zero-order valence-corrected chi connectivity index (χ0v) is 37.6. The predicted molar refractivity (Wildman–Crippen MR) is 242 cm³/mol. The first-order valence-corrected chi connectivity index (χ1v) is 24.4. The quantitative estimate of drug-likeness (QED) is 0.0267. The SMILES string of the molecule is CC/C=C\C/C=C\C/C=C\C/C=C\C/C=C\C/C=C\CCCCCCCCCCCCC(=O)OC(COC(=O)CCCCCCCCCC)COP(=O)(O)OCCN. The van der Waals surface area contributed by atoms with E-state index in [0.717, 1.165) is 83.5 Å². The highest BCUT2D eigenvalue weighted by Gasteiger charge is 2.26. The molecule has 334 valence electrons. The molecule has 3 N–H and O–H groups in total. The molecule has 0 fully saturated rings. The Morgan fingerprint density at radius 2 is 0.948 bits per heavy atom. The number of hydrogen-bond acceptors (Lipinski definition) is 8. The number of hydrogen-bond donors (Lipinski definition) is 2. The topological polar surface area (TPSA) is 134 Å². The van der Waals surface area contributed by atoms with Crippen molar-refractivity contribution in [3.63, 3.8) is 0 Å². The van der Waals surface area contributed by atoms with Gasteiger partial charge in [0.1, 0.15) is 6.61 Å². The minimum Gasteiger partial charge on any atom is -0.462 e. The third kappa shape index (κ3) is 43.0. The summed E-state index contributed by atoms with van der Waals surface area (Å²) in [5, 5.41) is 0. The fourth-order valence-electron chi connectivity index (χ4n) is 5.99. The van der Waals surface area contributed by atoms with Gasteiger partial charge in [0, 0.05) is 19.4 Å². The molecular formula is C48H84NO8P. The maximum absolute atomic E-state index is 12.6. The van der Waals surface area contributed by atoms with Crippen molar-refractivity contribution in [3.8, 4) is 0 Å². The molecule has 0 bridgehead atoms. The lowest BCUT2D eigenvalue weighted by Crippen LogP contribution is -2.29. The van der Waals surface area contributed by atoms with E-state index < -0.39 is 26.5 Å². The van der Waals surface area contributed by atoms with Gasteiger partial charge in [0.2, 0.25) is 0 Å². The lowest BCUT2D eigenvalue weighted by atomic mass is 10.0. The van der Waals surface area contributed by atoms with E-state index in [4.69, 9.17) is 24.3 Å². The smallest absolute Gasteiger partial charge is 0.462 e. The van der Waals surface area contributed by atoms with E-state index in [1.54, 1.807) is 0 Å². The van der Waals surface area contributed by atoms with Gasteiger partial charge in [-0.3, -0.25) is 18.6 Å². The van der Waals surface area contributed by atoms with Gasteiger partial charge < -0.3 is 20.1 Å². The van der Waals surface area contributed by atoms with E-state index in [2.05, 4.69) is 86.8 Å². The number of esters is 2. The number of ether oxygens (including phenoxy) is 2. The molecule has 0 spiro atoms. The molecule has 0 aromatic rings. The Bertz CT molecular complexity index is 1180. The third-order valence-corrected chi connectivity index (χ3v) is 10.3. The largest absolute Gasteiger partial charge is 0.472 e. The van der Waals surface area contributed by atoms with Gasteiger partial charge in [-0.15, -0.1) is 0 Å². The Morgan fingerprint density at radius 1 is 0.534 bits per heavy atom. The molecule has 0 radical (unpaired) electrons. The summed E-state index contributed by atoms with van der Waals surface area (Å²) in [6.45, 7) is 3.57. The van der Waals surface area contributed by atoms with Crippen LogP contribution in [0.5, 0.6) is 0 Å². The van der Waals surface area contributed by atoms with Crippen molar-refractivity contribution in [2.75, 3.05) is 26.4 Å². The van der Waals surface area contributed by atoms with Gasteiger partial charge in [0.25, 0.3) is 0 Å². The van der Waals surface area contributed by atoms with E-state index in [1.807, 2.05) is 0 Å². The third-order valence-electron chi connectivity index (χ3n) is 9.36. The molecule has 9 nitrogen and oxygen atoms in total. The minimum absolute atomic E-state index is 0.0506. The van der Waals surface area contributed by atoms with Crippen LogP contribution in [-0.2, 0) is 32.7 Å². The number of phosphoric acid groups is 1. The summed E-state index contributed by atoms with van der Waals surface area (Å²) in [5.74, 6) is -0.841. The number of rotatable bonds is 42. The number of nitrogens with two attached hydrogens (primary N) is 1. The standard InChI is InChI=1S/C48H84NO8P/c1-3-5-7-9-11-13-14-15-16-17-18-19-20-21-22-23-24-25-26-27-28-29-30-31-32-33-35-37-39-41-48(51)57-46(45-56-58(52,53)55-43-42-49)44-54-47(50)40-38-36-34-12-10-8-6-4-2/h5,7,11,13,15-16,18-19,21-22,24-25,46H,3-4,6,8-10,12,14,17,20,23,26-45,49H2,1-2H3,(H,52,53)/b7-5-,13-11-,16-15-,19-18-,22-21-,25-24-. The lowest BCUT2D eigenvalue weighted by molar-refractivity contribution is -0.161. The van der Waals surface area contributed by atoms with Crippen LogP contribution in [0.15, 0.2) is 72.9 Å². The highest BCUT2D eigenvalue weighted by atomic mass is 31.2. The Balaban J connectivity index is 3.98. The summed E-state index contributed by atoms with van der Waals surface area (Å²) in [6.07, 6.45) is 53.9. The van der Waals surface area contributed by atoms with Gasteiger partial charge in [-0.1, -0.05) is 183 Å². The number of carbonyl (C=O) groups is 2. The maximum Gasteiger partial charge on any atom is 0.472 e. The van der Waals surface area contributed by atoms with Crippen molar-refractivity contribution in [2.45, 2.75) is 193 Å². The molecule has 0 aliphatic rings. The van der Waals surface area contributed by atoms with Crippen LogP contribution < -0.4 is 5.73 Å². The van der Waals surface area contributed by atoms with Crippen LogP contribution in [0, 0.1) is 0 Å². The van der Waals surface area contributed by atoms with Gasteiger partial charge in [0.15, 0.2) is 6.10 Å². The summed E-state index contributed by atoms with van der Waals surface area (Å²) >= 11 is 0. The molecular weight excluding hydrogens is 750 g/mol. The number of allylic oxidation sites excluding steroid dienone is 12. The molecule has 0 aliphatic heterocycles. The molecule has 0 rings (SSSR count). The van der Waals surface area contributed by atoms with Gasteiger partial charge in [-0.25, -0.2) is 4.57 Å². The van der Waals surface area contributed by atoms with Crippen molar-refractivity contribution in [3.05, 3.63) is 72.9 Å². The van der Waals surface area contributed by atoms with Gasteiger partial charge in [-0.2, -0.15) is 0 Å². The van der Waals surface area contributed by atoms with Gasteiger partial charge in [0.05, 0.1) is 13.2 Å². The molecule has 0 heterocycles. The molecule has 10 heteroatoms. The summed E-state index contributed by atoms with van der Waals surface area (Å²) in [4.78, 5) is 34.7. The van der Waals surface area contributed by atoms with Crippen molar-refractivity contribution in [1.29, 1.82) is 0 Å². The van der Waals surface area contributed by atoms with E-state index in [0.29, 0.717) is 6.42 Å². The maximum atomic E-state index is 12.6. The monoisotopic (exact) mass is 834 g/mol. The second-order valence-electron chi connectivity index (χ2n) is 14.9. The Morgan fingerprint density at radius 3 is 1.41 bits per heavy atom. The molecule has 2 unspecified atom stereocenters. The van der Waals surface area contributed by atoms with Gasteiger partial charge in [-0.05, 0) is 64.2 Å². The Kier molecular flexibility index (Phi) is 42.1. The van der Waals surface area contributed by atoms with E-state index in [9.17, 15) is 19.0 Å². The van der Waals surface area contributed by atoms with Crippen LogP contribution in [0.25, 0.3) is 0 Å². The average molecular weight is 834 g/mol. The van der Waals surface area contributed by atoms with E-state index in [1.165, 1.54) is 70.6 Å².